The van der Waals surface area contributed by atoms with Crippen LogP contribution in [0.3, 0.4) is 0 Å². The molecule has 1 aliphatic rings. The molecule has 0 aromatic carbocycles. The molecule has 0 aliphatic carbocycles. The molecule has 17 heavy (non-hydrogen) atoms. The van der Waals surface area contributed by atoms with Gasteiger partial charge in [0.15, 0.2) is 0 Å². The summed E-state index contributed by atoms with van der Waals surface area (Å²) in [6, 6.07) is 0.995. The van der Waals surface area contributed by atoms with E-state index in [-0.39, 0.29) is 0 Å². The van der Waals surface area contributed by atoms with Gasteiger partial charge in [-0.05, 0) is 25.7 Å². The van der Waals surface area contributed by atoms with E-state index in [0.717, 1.165) is 5.70 Å². The number of aliphatic imine (C=N–C) groups is 1. The van der Waals surface area contributed by atoms with Gasteiger partial charge in [-0.1, -0.05) is 33.1 Å². The Balaban J connectivity index is 2.55. The van der Waals surface area contributed by atoms with Crippen molar-refractivity contribution in [3.05, 3.63) is 11.9 Å². The van der Waals surface area contributed by atoms with Crippen molar-refractivity contribution in [2.75, 3.05) is 0 Å². The number of hydrogen-bond donors (Lipinski definition) is 2. The topological polar surface area (TPSA) is 50.4 Å². The fourth-order valence-corrected chi connectivity index (χ4v) is 2.20. The van der Waals surface area contributed by atoms with Crippen LogP contribution in [-0.4, -0.2) is 18.3 Å². The van der Waals surface area contributed by atoms with Gasteiger partial charge in [0, 0.05) is 24.5 Å². The lowest BCUT2D eigenvalue weighted by Crippen LogP contribution is -2.38. The van der Waals surface area contributed by atoms with Gasteiger partial charge in [-0.2, -0.15) is 0 Å². The maximum Gasteiger partial charge on any atom is 0.0579 e. The first-order chi connectivity index (χ1) is 8.13. The number of nitrogens with two attached hydrogens (primary N) is 1. The second-order valence-corrected chi connectivity index (χ2v) is 5.34. The summed E-state index contributed by atoms with van der Waals surface area (Å²) in [6.07, 6.45) is 10.1. The Labute approximate surface area is 106 Å². The smallest absolute Gasteiger partial charge is 0.0579 e. The molecule has 98 valence electrons. The van der Waals surface area contributed by atoms with Gasteiger partial charge >= 0.3 is 0 Å². The molecule has 0 saturated carbocycles. The monoisotopic (exact) mass is 237 g/mol. The van der Waals surface area contributed by atoms with Crippen molar-refractivity contribution in [1.29, 1.82) is 0 Å². The van der Waals surface area contributed by atoms with Crippen LogP contribution < -0.4 is 11.1 Å². The summed E-state index contributed by atoms with van der Waals surface area (Å²) in [6.45, 7) is 6.49. The Kier molecular flexibility index (Phi) is 6.27. The largest absolute Gasteiger partial charge is 0.403 e. The van der Waals surface area contributed by atoms with Crippen LogP contribution in [0, 0.1) is 5.92 Å². The van der Waals surface area contributed by atoms with E-state index in [1.807, 2.05) is 6.21 Å². The minimum atomic E-state index is 0.391. The van der Waals surface area contributed by atoms with Gasteiger partial charge in [-0.25, -0.2) is 0 Å². The summed E-state index contributed by atoms with van der Waals surface area (Å²) in [7, 11) is 0. The molecule has 3 heteroatoms. The third kappa shape index (κ3) is 5.35. The summed E-state index contributed by atoms with van der Waals surface area (Å²) in [4.78, 5) is 4.52. The Morgan fingerprint density at radius 2 is 2.00 bits per heavy atom. The van der Waals surface area contributed by atoms with Crippen LogP contribution in [0.5, 0.6) is 0 Å². The van der Waals surface area contributed by atoms with Gasteiger partial charge in [-0.15, -0.1) is 0 Å². The van der Waals surface area contributed by atoms with E-state index >= 15 is 0 Å². The van der Waals surface area contributed by atoms with Crippen molar-refractivity contribution in [1.82, 2.24) is 5.32 Å². The van der Waals surface area contributed by atoms with Crippen molar-refractivity contribution in [2.45, 2.75) is 65.0 Å². The van der Waals surface area contributed by atoms with Crippen molar-refractivity contribution in [3.8, 4) is 0 Å². The summed E-state index contributed by atoms with van der Waals surface area (Å²) in [5.41, 5.74) is 6.55. The quantitative estimate of drug-likeness (QED) is 0.742. The number of nitrogens with zero attached hydrogens (tertiary/aromatic N) is 1. The van der Waals surface area contributed by atoms with E-state index < -0.39 is 0 Å². The third-order valence-corrected chi connectivity index (χ3v) is 3.32. The van der Waals surface area contributed by atoms with Gasteiger partial charge in [0.05, 0.1) is 5.70 Å². The molecule has 0 aromatic heterocycles. The van der Waals surface area contributed by atoms with E-state index in [1.54, 1.807) is 6.20 Å². The number of nitrogens with one attached hydrogen (secondary N) is 1. The Hall–Kier alpha value is -0.830. The maximum absolute atomic E-state index is 5.58. The molecule has 3 N–H and O–H groups in total. The molecule has 0 aromatic rings. The zero-order valence-corrected chi connectivity index (χ0v) is 11.4. The summed E-state index contributed by atoms with van der Waals surface area (Å²) >= 11 is 0. The van der Waals surface area contributed by atoms with Crippen LogP contribution in [-0.2, 0) is 0 Å². The summed E-state index contributed by atoms with van der Waals surface area (Å²) < 4.78 is 0. The number of rotatable bonds is 3. The minimum Gasteiger partial charge on any atom is -0.403 e. The van der Waals surface area contributed by atoms with Crippen LogP contribution in [0.1, 0.15) is 52.9 Å². The third-order valence-electron chi connectivity index (χ3n) is 3.32. The van der Waals surface area contributed by atoms with Crippen molar-refractivity contribution < 1.29 is 0 Å². The Morgan fingerprint density at radius 1 is 1.29 bits per heavy atom. The molecule has 0 spiro atoms. The lowest BCUT2D eigenvalue weighted by Gasteiger charge is -2.23. The first kappa shape index (κ1) is 14.2. The molecule has 1 aliphatic heterocycles. The van der Waals surface area contributed by atoms with Gasteiger partial charge in [0.25, 0.3) is 0 Å². The highest BCUT2D eigenvalue weighted by Gasteiger charge is 2.13. The highest BCUT2D eigenvalue weighted by atomic mass is 15.0. The zero-order valence-electron chi connectivity index (χ0n) is 11.4. The van der Waals surface area contributed by atoms with Crippen LogP contribution >= 0.6 is 0 Å². The second-order valence-electron chi connectivity index (χ2n) is 5.34. The summed E-state index contributed by atoms with van der Waals surface area (Å²) in [5, 5.41) is 3.62. The van der Waals surface area contributed by atoms with E-state index in [2.05, 4.69) is 31.1 Å². The van der Waals surface area contributed by atoms with Crippen LogP contribution in [0.15, 0.2) is 16.9 Å². The highest BCUT2D eigenvalue weighted by molar-refractivity contribution is 5.65. The van der Waals surface area contributed by atoms with Gasteiger partial charge < -0.3 is 11.1 Å². The SMILES string of the molecule is CC1CCCCCC(C=N/C(=C\N)C(C)C)N1. The van der Waals surface area contributed by atoms with Crippen molar-refractivity contribution in [3.63, 3.8) is 0 Å². The van der Waals surface area contributed by atoms with Crippen LogP contribution in [0.25, 0.3) is 0 Å². The predicted octanol–water partition coefficient (Wildman–Crippen LogP) is 2.82. The molecule has 3 nitrogen and oxygen atoms in total. The molecule has 0 radical (unpaired) electrons. The highest BCUT2D eigenvalue weighted by Crippen LogP contribution is 2.13. The molecular formula is C14H27N3. The molecule has 1 saturated heterocycles. The van der Waals surface area contributed by atoms with E-state index in [9.17, 15) is 0 Å². The first-order valence-corrected chi connectivity index (χ1v) is 6.85. The standard InChI is InChI=1S/C14H27N3/c1-11(2)14(9-15)16-10-13-8-6-4-5-7-12(3)17-13/h9-13,17H,4-8,15H2,1-3H3/b14-9-,16-10?. The normalized spacial score (nSPS) is 28.4. The Morgan fingerprint density at radius 3 is 2.65 bits per heavy atom. The predicted molar refractivity (Wildman–Crippen MR) is 75.1 cm³/mol. The van der Waals surface area contributed by atoms with Crippen molar-refractivity contribution >= 4 is 6.21 Å². The van der Waals surface area contributed by atoms with Crippen LogP contribution in [0.4, 0.5) is 0 Å². The lowest BCUT2D eigenvalue weighted by molar-refractivity contribution is 0.410. The average Bonchev–Trinajstić information content (AvgIpc) is 2.25. The molecular weight excluding hydrogens is 210 g/mol. The molecule has 0 amide bonds. The van der Waals surface area contributed by atoms with Gasteiger partial charge in [0.1, 0.15) is 0 Å². The van der Waals surface area contributed by atoms with Gasteiger partial charge in [-0.3, -0.25) is 4.99 Å². The molecule has 2 atom stereocenters. The van der Waals surface area contributed by atoms with Crippen LogP contribution in [0.2, 0.25) is 0 Å². The van der Waals surface area contributed by atoms with E-state index in [1.165, 1.54) is 32.1 Å². The molecule has 2 unspecified atom stereocenters. The molecule has 1 heterocycles. The fourth-order valence-electron chi connectivity index (χ4n) is 2.20. The number of hydrogen-bond acceptors (Lipinski definition) is 3. The zero-order chi connectivity index (χ0) is 12.7. The Bertz CT molecular complexity index is 269. The van der Waals surface area contributed by atoms with Crippen molar-refractivity contribution in [2.24, 2.45) is 16.6 Å². The van der Waals surface area contributed by atoms with Gasteiger partial charge in [0.2, 0.25) is 0 Å². The van der Waals surface area contributed by atoms with E-state index in [0.29, 0.717) is 18.0 Å². The lowest BCUT2D eigenvalue weighted by atomic mass is 10.0. The fraction of sp³-hybridized carbons (Fsp3) is 0.786. The molecule has 1 fully saturated rings. The first-order valence-electron chi connectivity index (χ1n) is 6.85. The number of allylic oxidation sites excluding steroid dienone is 1. The summed E-state index contributed by atoms with van der Waals surface area (Å²) in [5.74, 6) is 0.391. The maximum atomic E-state index is 5.58. The average molecular weight is 237 g/mol. The van der Waals surface area contributed by atoms with E-state index in [4.69, 9.17) is 5.73 Å². The minimum absolute atomic E-state index is 0.391. The molecule has 0 bridgehead atoms. The second kappa shape index (κ2) is 7.49. The molecule has 1 rings (SSSR count).